The number of para-hydroxylation sites is 1. The van der Waals surface area contributed by atoms with E-state index in [4.69, 9.17) is 0 Å². The summed E-state index contributed by atoms with van der Waals surface area (Å²) in [4.78, 5) is 12.7. The molecule has 0 saturated heterocycles. The Balaban J connectivity index is 2.12. The van der Waals surface area contributed by atoms with Crippen LogP contribution < -0.4 is 9.62 Å². The Morgan fingerprint density at radius 1 is 1.21 bits per heavy atom. The number of carbonyl (C=O) groups excluding carboxylic acids is 1. The van der Waals surface area contributed by atoms with E-state index in [9.17, 15) is 13.2 Å². The Labute approximate surface area is 145 Å². The van der Waals surface area contributed by atoms with Crippen molar-refractivity contribution in [2.45, 2.75) is 51.5 Å². The van der Waals surface area contributed by atoms with Crippen molar-refractivity contribution >= 4 is 21.6 Å². The molecule has 0 bridgehead atoms. The smallest absolute Gasteiger partial charge is 0.243 e. The number of nitrogens with zero attached hydrogens (tertiary/aromatic N) is 1. The summed E-state index contributed by atoms with van der Waals surface area (Å²) in [6.07, 6.45) is 7.58. The molecule has 134 valence electrons. The SMILES string of the molecule is CC[C@@H](C(=O)NCC1CCCCC1)N(c1ccccc1)S(C)(=O)=O. The second-order valence-electron chi connectivity index (χ2n) is 6.57. The van der Waals surface area contributed by atoms with Gasteiger partial charge in [0, 0.05) is 6.54 Å². The number of benzene rings is 1. The fourth-order valence-electron chi connectivity index (χ4n) is 3.39. The Morgan fingerprint density at radius 2 is 1.83 bits per heavy atom. The molecule has 1 aliphatic rings. The highest BCUT2D eigenvalue weighted by molar-refractivity contribution is 7.92. The molecule has 24 heavy (non-hydrogen) atoms. The second-order valence-corrected chi connectivity index (χ2v) is 8.43. The van der Waals surface area contributed by atoms with Crippen LogP contribution in [0.5, 0.6) is 0 Å². The van der Waals surface area contributed by atoms with Gasteiger partial charge in [0.05, 0.1) is 11.9 Å². The van der Waals surface area contributed by atoms with Crippen molar-refractivity contribution in [3.8, 4) is 0 Å². The normalized spacial score (nSPS) is 17.2. The number of amides is 1. The maximum absolute atomic E-state index is 12.7. The summed E-state index contributed by atoms with van der Waals surface area (Å²) in [5, 5.41) is 2.98. The highest BCUT2D eigenvalue weighted by Crippen LogP contribution is 2.24. The number of carbonyl (C=O) groups is 1. The predicted molar refractivity (Wildman–Crippen MR) is 97.4 cm³/mol. The van der Waals surface area contributed by atoms with Crippen LogP contribution in [0.25, 0.3) is 0 Å². The lowest BCUT2D eigenvalue weighted by Crippen LogP contribution is -2.50. The zero-order chi connectivity index (χ0) is 17.6. The molecule has 0 heterocycles. The number of hydrogen-bond acceptors (Lipinski definition) is 3. The van der Waals surface area contributed by atoms with Crippen molar-refractivity contribution in [1.82, 2.24) is 5.32 Å². The summed E-state index contributed by atoms with van der Waals surface area (Å²) < 4.78 is 25.8. The lowest BCUT2D eigenvalue weighted by molar-refractivity contribution is -0.122. The van der Waals surface area contributed by atoms with Crippen LogP contribution in [-0.2, 0) is 14.8 Å². The van der Waals surface area contributed by atoms with Crippen LogP contribution in [0.15, 0.2) is 30.3 Å². The molecule has 5 nitrogen and oxygen atoms in total. The Kier molecular flexibility index (Phi) is 6.66. The number of rotatable bonds is 7. The third-order valence-electron chi connectivity index (χ3n) is 4.63. The summed E-state index contributed by atoms with van der Waals surface area (Å²) in [5.74, 6) is 0.306. The van der Waals surface area contributed by atoms with Gasteiger partial charge in [0.15, 0.2) is 0 Å². The monoisotopic (exact) mass is 352 g/mol. The van der Waals surface area contributed by atoms with Gasteiger partial charge in [-0.2, -0.15) is 0 Å². The first kappa shape index (κ1) is 18.8. The van der Waals surface area contributed by atoms with Crippen molar-refractivity contribution in [2.24, 2.45) is 5.92 Å². The Hall–Kier alpha value is -1.56. The van der Waals surface area contributed by atoms with E-state index in [1.807, 2.05) is 13.0 Å². The van der Waals surface area contributed by atoms with E-state index >= 15 is 0 Å². The van der Waals surface area contributed by atoms with Crippen LogP contribution in [0.4, 0.5) is 5.69 Å². The molecule has 1 amide bonds. The number of nitrogens with one attached hydrogen (secondary N) is 1. The lowest BCUT2D eigenvalue weighted by Gasteiger charge is -2.31. The molecular formula is C18H28N2O3S. The fraction of sp³-hybridized carbons (Fsp3) is 0.611. The highest BCUT2D eigenvalue weighted by Gasteiger charge is 2.31. The lowest BCUT2D eigenvalue weighted by atomic mass is 9.89. The van der Waals surface area contributed by atoms with Crippen LogP contribution in [-0.4, -0.2) is 33.2 Å². The first-order valence-corrected chi connectivity index (χ1v) is 10.6. The first-order valence-electron chi connectivity index (χ1n) is 8.75. The summed E-state index contributed by atoms with van der Waals surface area (Å²) >= 11 is 0. The van der Waals surface area contributed by atoms with Crippen molar-refractivity contribution in [1.29, 1.82) is 0 Å². The van der Waals surface area contributed by atoms with Crippen LogP contribution in [0.1, 0.15) is 45.4 Å². The van der Waals surface area contributed by atoms with Gasteiger partial charge in [0.2, 0.25) is 15.9 Å². The molecule has 0 aromatic heterocycles. The van der Waals surface area contributed by atoms with Gasteiger partial charge in [-0.25, -0.2) is 8.42 Å². The average Bonchev–Trinajstić information content (AvgIpc) is 2.58. The number of sulfonamides is 1. The fourth-order valence-corrected chi connectivity index (χ4v) is 4.60. The summed E-state index contributed by atoms with van der Waals surface area (Å²) in [5.41, 5.74) is 0.527. The van der Waals surface area contributed by atoms with E-state index in [-0.39, 0.29) is 5.91 Å². The molecule has 1 aromatic carbocycles. The molecule has 1 atom stereocenters. The second kappa shape index (κ2) is 8.51. The minimum absolute atomic E-state index is 0.211. The van der Waals surface area contributed by atoms with Gasteiger partial charge in [-0.15, -0.1) is 0 Å². The van der Waals surface area contributed by atoms with Gasteiger partial charge in [-0.1, -0.05) is 44.4 Å². The zero-order valence-electron chi connectivity index (χ0n) is 14.6. The van der Waals surface area contributed by atoms with Crippen molar-refractivity contribution in [3.63, 3.8) is 0 Å². The maximum Gasteiger partial charge on any atom is 0.243 e. The molecule has 0 radical (unpaired) electrons. The molecule has 1 aliphatic carbocycles. The molecule has 1 fully saturated rings. The van der Waals surface area contributed by atoms with E-state index in [0.29, 0.717) is 24.6 Å². The standard InChI is InChI=1S/C18H28N2O3S/c1-3-17(18(21)19-14-15-10-6-4-7-11-15)20(24(2,22)23)16-12-8-5-9-13-16/h5,8-9,12-13,15,17H,3-4,6-7,10-11,14H2,1-2H3,(H,19,21)/t17-/m0/s1. The minimum Gasteiger partial charge on any atom is -0.354 e. The Bertz CT molecular complexity index is 625. The molecule has 0 unspecified atom stereocenters. The third-order valence-corrected chi connectivity index (χ3v) is 5.81. The van der Waals surface area contributed by atoms with Crippen molar-refractivity contribution in [3.05, 3.63) is 30.3 Å². The van der Waals surface area contributed by atoms with Gasteiger partial charge in [-0.05, 0) is 37.3 Å². The molecule has 0 spiro atoms. The first-order chi connectivity index (χ1) is 11.4. The van der Waals surface area contributed by atoms with E-state index in [1.54, 1.807) is 24.3 Å². The Morgan fingerprint density at radius 3 is 2.38 bits per heavy atom. The quantitative estimate of drug-likeness (QED) is 0.820. The maximum atomic E-state index is 12.7. The zero-order valence-corrected chi connectivity index (χ0v) is 15.4. The van der Waals surface area contributed by atoms with Crippen LogP contribution in [0, 0.1) is 5.92 Å². The molecule has 0 aliphatic heterocycles. The van der Waals surface area contributed by atoms with Crippen LogP contribution >= 0.6 is 0 Å². The topological polar surface area (TPSA) is 66.5 Å². The molecule has 6 heteroatoms. The van der Waals surface area contributed by atoms with Crippen LogP contribution in [0.2, 0.25) is 0 Å². The van der Waals surface area contributed by atoms with Gasteiger partial charge >= 0.3 is 0 Å². The summed E-state index contributed by atoms with van der Waals surface area (Å²) in [6.45, 7) is 2.48. The van der Waals surface area contributed by atoms with Gasteiger partial charge in [0.1, 0.15) is 6.04 Å². The predicted octanol–water partition coefficient (Wildman–Crippen LogP) is 2.93. The van der Waals surface area contributed by atoms with E-state index in [2.05, 4.69) is 5.32 Å². The van der Waals surface area contributed by atoms with Gasteiger partial charge in [0.25, 0.3) is 0 Å². The summed E-state index contributed by atoms with van der Waals surface area (Å²) in [7, 11) is -3.54. The minimum atomic E-state index is -3.54. The third kappa shape index (κ3) is 4.97. The van der Waals surface area contributed by atoms with Crippen LogP contribution in [0.3, 0.4) is 0 Å². The molecule has 1 saturated carbocycles. The van der Waals surface area contributed by atoms with Gasteiger partial charge < -0.3 is 5.32 Å². The molecule has 1 N–H and O–H groups in total. The molecule has 2 rings (SSSR count). The summed E-state index contributed by atoms with van der Waals surface area (Å²) in [6, 6.07) is 8.11. The highest BCUT2D eigenvalue weighted by atomic mass is 32.2. The van der Waals surface area contributed by atoms with E-state index < -0.39 is 16.1 Å². The van der Waals surface area contributed by atoms with E-state index in [0.717, 1.165) is 19.1 Å². The van der Waals surface area contributed by atoms with E-state index in [1.165, 1.54) is 23.6 Å². The number of anilines is 1. The molecular weight excluding hydrogens is 324 g/mol. The van der Waals surface area contributed by atoms with Crippen molar-refractivity contribution in [2.75, 3.05) is 17.1 Å². The van der Waals surface area contributed by atoms with Gasteiger partial charge in [-0.3, -0.25) is 9.10 Å². The largest absolute Gasteiger partial charge is 0.354 e. The molecule has 1 aromatic rings. The average molecular weight is 353 g/mol. The number of hydrogen-bond donors (Lipinski definition) is 1. The van der Waals surface area contributed by atoms with Crippen molar-refractivity contribution < 1.29 is 13.2 Å².